The van der Waals surface area contributed by atoms with Crippen molar-refractivity contribution in [2.45, 2.75) is 25.8 Å². The Morgan fingerprint density at radius 1 is 1.29 bits per heavy atom. The number of benzene rings is 1. The van der Waals surface area contributed by atoms with Gasteiger partial charge in [-0.1, -0.05) is 12.1 Å². The fourth-order valence-electron chi connectivity index (χ4n) is 1.80. The number of aryl methyl sites for hydroxylation is 1. The lowest BCUT2D eigenvalue weighted by Crippen LogP contribution is -2.17. The van der Waals surface area contributed by atoms with E-state index in [1.165, 1.54) is 35.6 Å². The van der Waals surface area contributed by atoms with Gasteiger partial charge >= 0.3 is 6.36 Å². The van der Waals surface area contributed by atoms with E-state index in [0.717, 1.165) is 19.8 Å². The Bertz CT molecular complexity index is 588. The van der Waals surface area contributed by atoms with E-state index in [-0.39, 0.29) is 5.75 Å². The Hall–Kier alpha value is -1.05. The van der Waals surface area contributed by atoms with Gasteiger partial charge in [0.15, 0.2) is 0 Å². The molecule has 1 aromatic heterocycles. The number of halogens is 4. The van der Waals surface area contributed by atoms with Crippen molar-refractivity contribution in [3.8, 4) is 5.75 Å². The predicted octanol–water partition coefficient (Wildman–Crippen LogP) is 4.99. The van der Waals surface area contributed by atoms with Gasteiger partial charge in [0.2, 0.25) is 0 Å². The van der Waals surface area contributed by atoms with Gasteiger partial charge in [0.1, 0.15) is 5.75 Å². The van der Waals surface area contributed by atoms with Gasteiger partial charge in [0.25, 0.3) is 0 Å². The Labute approximate surface area is 132 Å². The van der Waals surface area contributed by atoms with Crippen LogP contribution in [0, 0.1) is 6.92 Å². The average molecular weight is 381 g/mol. The van der Waals surface area contributed by atoms with Crippen molar-refractivity contribution >= 4 is 27.3 Å². The second kappa shape index (κ2) is 6.37. The highest BCUT2D eigenvalue weighted by atomic mass is 79.9. The molecule has 1 aromatic carbocycles. The van der Waals surface area contributed by atoms with Gasteiger partial charge in [-0.15, -0.1) is 24.5 Å². The lowest BCUT2D eigenvalue weighted by atomic mass is 10.1. The van der Waals surface area contributed by atoms with Crippen molar-refractivity contribution in [1.82, 2.24) is 0 Å². The van der Waals surface area contributed by atoms with Crippen LogP contribution in [-0.2, 0) is 6.42 Å². The van der Waals surface area contributed by atoms with E-state index in [0.29, 0.717) is 6.42 Å². The second-order valence-electron chi connectivity index (χ2n) is 4.52. The van der Waals surface area contributed by atoms with Crippen LogP contribution in [-0.4, -0.2) is 11.5 Å². The molecule has 0 saturated heterocycles. The molecule has 0 aliphatic heterocycles. The molecule has 1 unspecified atom stereocenters. The summed E-state index contributed by atoms with van der Waals surface area (Å²) in [6.07, 6.45) is -5.05. The molecule has 2 nitrogen and oxygen atoms in total. The van der Waals surface area contributed by atoms with Gasteiger partial charge in [0.05, 0.1) is 9.89 Å². The molecule has 0 bridgehead atoms. The second-order valence-corrected chi connectivity index (χ2v) is 6.92. The minimum Gasteiger partial charge on any atom is -0.406 e. The van der Waals surface area contributed by atoms with E-state index in [1.54, 1.807) is 0 Å². The predicted molar refractivity (Wildman–Crippen MR) is 78.5 cm³/mol. The number of rotatable bonds is 4. The van der Waals surface area contributed by atoms with E-state index < -0.39 is 12.5 Å². The van der Waals surface area contributed by atoms with Crippen LogP contribution in [0.25, 0.3) is 0 Å². The molecule has 114 valence electrons. The third-order valence-electron chi connectivity index (χ3n) is 2.79. The first-order valence-electron chi connectivity index (χ1n) is 6.03. The zero-order valence-corrected chi connectivity index (χ0v) is 13.3. The molecule has 0 aliphatic rings. The zero-order valence-electron chi connectivity index (χ0n) is 10.9. The van der Waals surface area contributed by atoms with E-state index >= 15 is 0 Å². The highest BCUT2D eigenvalue weighted by Crippen LogP contribution is 2.33. The van der Waals surface area contributed by atoms with Gasteiger partial charge < -0.3 is 9.84 Å². The summed E-state index contributed by atoms with van der Waals surface area (Å²) in [6, 6.07) is 7.40. The maximum Gasteiger partial charge on any atom is 0.573 e. The molecule has 0 fully saturated rings. The lowest BCUT2D eigenvalue weighted by Gasteiger charge is -2.11. The van der Waals surface area contributed by atoms with Crippen molar-refractivity contribution in [3.63, 3.8) is 0 Å². The average Bonchev–Trinajstić information content (AvgIpc) is 2.70. The maximum atomic E-state index is 12.0. The van der Waals surface area contributed by atoms with Gasteiger partial charge in [-0.25, -0.2) is 0 Å². The monoisotopic (exact) mass is 380 g/mol. The summed E-state index contributed by atoms with van der Waals surface area (Å²) >= 11 is 4.84. The molecule has 21 heavy (non-hydrogen) atoms. The molecular formula is C14H12BrF3O2S. The van der Waals surface area contributed by atoms with Gasteiger partial charge in [-0.3, -0.25) is 0 Å². The number of ether oxygens (including phenoxy) is 1. The fraction of sp³-hybridized carbons (Fsp3) is 0.286. The number of hydrogen-bond donors (Lipinski definition) is 1. The Morgan fingerprint density at radius 2 is 1.90 bits per heavy atom. The summed E-state index contributed by atoms with van der Waals surface area (Å²) in [4.78, 5) is 0.815. The summed E-state index contributed by atoms with van der Waals surface area (Å²) < 4.78 is 40.9. The molecule has 1 heterocycles. The van der Waals surface area contributed by atoms with Crippen molar-refractivity contribution in [1.29, 1.82) is 0 Å². The molecule has 0 aliphatic carbocycles. The van der Waals surface area contributed by atoms with E-state index in [2.05, 4.69) is 20.7 Å². The number of thiophene rings is 1. The van der Waals surface area contributed by atoms with Crippen molar-refractivity contribution in [2.24, 2.45) is 0 Å². The molecular weight excluding hydrogens is 369 g/mol. The molecule has 7 heteroatoms. The summed E-state index contributed by atoms with van der Waals surface area (Å²) in [5.41, 5.74) is 1.78. The van der Waals surface area contributed by atoms with Gasteiger partial charge in [-0.05, 0) is 52.2 Å². The lowest BCUT2D eigenvalue weighted by molar-refractivity contribution is -0.274. The Morgan fingerprint density at radius 3 is 2.38 bits per heavy atom. The van der Waals surface area contributed by atoms with Crippen LogP contribution in [0.15, 0.2) is 34.1 Å². The summed E-state index contributed by atoms with van der Waals surface area (Å²) in [5.74, 6) is -0.268. The molecule has 1 atom stereocenters. The smallest absolute Gasteiger partial charge is 0.406 e. The Balaban J connectivity index is 2.03. The first kappa shape index (κ1) is 16.3. The first-order valence-corrected chi connectivity index (χ1v) is 7.64. The number of alkyl halides is 3. The number of aliphatic hydroxyl groups excluding tert-OH is 1. The molecule has 0 spiro atoms. The summed E-state index contributed by atoms with van der Waals surface area (Å²) in [5, 5.41) is 10.1. The standard InChI is InChI=1S/C14H12BrF3O2S/c1-8-6-12(21-13(8)15)11(19)7-9-2-4-10(5-3-9)20-14(16,17)18/h2-6,11,19H,7H2,1H3. The number of aliphatic hydroxyl groups is 1. The van der Waals surface area contributed by atoms with Crippen LogP contribution in [0.1, 0.15) is 22.1 Å². The van der Waals surface area contributed by atoms with Crippen molar-refractivity contribution in [3.05, 3.63) is 50.1 Å². The van der Waals surface area contributed by atoms with E-state index in [4.69, 9.17) is 0 Å². The van der Waals surface area contributed by atoms with Crippen LogP contribution in [0.2, 0.25) is 0 Å². The van der Waals surface area contributed by atoms with Gasteiger partial charge in [-0.2, -0.15) is 0 Å². The quantitative estimate of drug-likeness (QED) is 0.808. The third kappa shape index (κ3) is 4.72. The highest BCUT2D eigenvalue weighted by molar-refractivity contribution is 9.11. The van der Waals surface area contributed by atoms with Crippen molar-refractivity contribution in [2.75, 3.05) is 0 Å². The minimum atomic E-state index is -4.69. The van der Waals surface area contributed by atoms with Crippen molar-refractivity contribution < 1.29 is 23.0 Å². The van der Waals surface area contributed by atoms with Gasteiger partial charge in [0, 0.05) is 11.3 Å². The third-order valence-corrected chi connectivity index (χ3v) is 5.03. The SMILES string of the molecule is Cc1cc(C(O)Cc2ccc(OC(F)(F)F)cc2)sc1Br. The summed E-state index contributed by atoms with van der Waals surface area (Å²) in [6.45, 7) is 1.93. The number of hydrogen-bond acceptors (Lipinski definition) is 3. The largest absolute Gasteiger partial charge is 0.573 e. The van der Waals surface area contributed by atoms with Crippen LogP contribution in [0.3, 0.4) is 0 Å². The van der Waals surface area contributed by atoms with Crippen LogP contribution in [0.5, 0.6) is 5.75 Å². The van der Waals surface area contributed by atoms with Crippen LogP contribution >= 0.6 is 27.3 Å². The minimum absolute atomic E-state index is 0.268. The fourth-order valence-corrected chi connectivity index (χ4v) is 3.36. The normalized spacial score (nSPS) is 13.2. The maximum absolute atomic E-state index is 12.0. The van der Waals surface area contributed by atoms with E-state index in [9.17, 15) is 18.3 Å². The van der Waals surface area contributed by atoms with Crippen LogP contribution in [0.4, 0.5) is 13.2 Å². The highest BCUT2D eigenvalue weighted by Gasteiger charge is 2.30. The molecule has 2 aromatic rings. The Kier molecular flexibility index (Phi) is 4.95. The summed E-state index contributed by atoms with van der Waals surface area (Å²) in [7, 11) is 0. The van der Waals surface area contributed by atoms with Crippen LogP contribution < -0.4 is 4.74 Å². The zero-order chi connectivity index (χ0) is 15.6. The molecule has 0 amide bonds. The molecule has 1 N–H and O–H groups in total. The molecule has 2 rings (SSSR count). The topological polar surface area (TPSA) is 29.5 Å². The first-order chi connectivity index (χ1) is 9.74. The van der Waals surface area contributed by atoms with E-state index in [1.807, 2.05) is 13.0 Å². The molecule has 0 radical (unpaired) electrons. The molecule has 0 saturated carbocycles.